The molecule has 3 aliphatic rings. The van der Waals surface area contributed by atoms with Gasteiger partial charge in [0.05, 0.1) is 6.10 Å². The van der Waals surface area contributed by atoms with Crippen LogP contribution in [0.3, 0.4) is 0 Å². The van der Waals surface area contributed by atoms with Crippen molar-refractivity contribution in [2.75, 3.05) is 19.6 Å². The fraction of sp³-hybridized carbons (Fsp3) is 1.00. The van der Waals surface area contributed by atoms with Crippen molar-refractivity contribution in [2.24, 2.45) is 0 Å². The van der Waals surface area contributed by atoms with E-state index in [1.54, 1.807) is 0 Å². The minimum absolute atomic E-state index is 0.0598. The number of aliphatic hydroxyl groups is 1. The molecule has 2 heterocycles. The van der Waals surface area contributed by atoms with Crippen LogP contribution in [0.5, 0.6) is 0 Å². The third kappa shape index (κ3) is 1.79. The predicted molar refractivity (Wildman–Crippen MR) is 64.4 cm³/mol. The Bertz CT molecular complexity index is 258. The van der Waals surface area contributed by atoms with Gasteiger partial charge < -0.3 is 5.11 Å². The van der Waals surface area contributed by atoms with Crippen LogP contribution < -0.4 is 0 Å². The van der Waals surface area contributed by atoms with Gasteiger partial charge in [-0.05, 0) is 45.6 Å². The first-order valence-corrected chi connectivity index (χ1v) is 6.93. The van der Waals surface area contributed by atoms with Crippen LogP contribution in [0.1, 0.15) is 39.0 Å². The van der Waals surface area contributed by atoms with Crippen molar-refractivity contribution >= 4 is 0 Å². The minimum Gasteiger partial charge on any atom is -0.391 e. The highest BCUT2D eigenvalue weighted by Gasteiger charge is 2.40. The molecule has 0 aromatic carbocycles. The average molecular weight is 224 g/mol. The number of hydrogen-bond donors (Lipinski definition) is 1. The van der Waals surface area contributed by atoms with Crippen LogP contribution in [-0.2, 0) is 0 Å². The average Bonchev–Trinajstić information content (AvgIpc) is 2.85. The summed E-state index contributed by atoms with van der Waals surface area (Å²) < 4.78 is 0. The van der Waals surface area contributed by atoms with Crippen molar-refractivity contribution < 1.29 is 5.11 Å². The molecule has 1 N–H and O–H groups in total. The highest BCUT2D eigenvalue weighted by Crippen LogP contribution is 2.31. The predicted octanol–water partition coefficient (Wildman–Crippen LogP) is 1.07. The first kappa shape index (κ1) is 11.0. The van der Waals surface area contributed by atoms with Crippen molar-refractivity contribution in [3.8, 4) is 0 Å². The summed E-state index contributed by atoms with van der Waals surface area (Å²) in [5, 5.41) is 10.0. The van der Waals surface area contributed by atoms with Crippen LogP contribution in [0.15, 0.2) is 0 Å². The molecule has 0 radical (unpaired) electrons. The molecule has 0 aromatic heterocycles. The summed E-state index contributed by atoms with van der Waals surface area (Å²) in [6.45, 7) is 6.05. The second-order valence-corrected chi connectivity index (χ2v) is 5.90. The van der Waals surface area contributed by atoms with Crippen molar-refractivity contribution in [1.82, 2.24) is 9.80 Å². The van der Waals surface area contributed by atoms with E-state index in [0.717, 1.165) is 12.5 Å². The fourth-order valence-electron chi connectivity index (χ4n) is 3.98. The first-order chi connectivity index (χ1) is 7.75. The summed E-state index contributed by atoms with van der Waals surface area (Å²) in [6, 6.07) is 1.87. The van der Waals surface area contributed by atoms with Crippen LogP contribution >= 0.6 is 0 Å². The van der Waals surface area contributed by atoms with Gasteiger partial charge in [-0.3, -0.25) is 9.80 Å². The Morgan fingerprint density at radius 2 is 1.94 bits per heavy atom. The van der Waals surface area contributed by atoms with E-state index in [1.165, 1.54) is 45.3 Å². The van der Waals surface area contributed by atoms with Gasteiger partial charge in [-0.1, -0.05) is 0 Å². The summed E-state index contributed by atoms with van der Waals surface area (Å²) in [5.41, 5.74) is 0. The van der Waals surface area contributed by atoms with Gasteiger partial charge >= 0.3 is 0 Å². The number of piperazine rings is 1. The number of fused-ring (bicyclic) bond motifs is 1. The first-order valence-electron chi connectivity index (χ1n) is 6.93. The smallest absolute Gasteiger partial charge is 0.0695 e. The standard InChI is InChI=1S/C13H24N2O/c1-10-8-14-7-3-4-11(14)9-15(10)12-5-2-6-13(12)16/h10-13,16H,2-9H2,1H3/t10?,11?,12-,13-/m0/s1. The second-order valence-electron chi connectivity index (χ2n) is 5.90. The van der Waals surface area contributed by atoms with E-state index >= 15 is 0 Å². The largest absolute Gasteiger partial charge is 0.391 e. The summed E-state index contributed by atoms with van der Waals surface area (Å²) >= 11 is 0. The van der Waals surface area contributed by atoms with Crippen LogP contribution in [0.25, 0.3) is 0 Å². The molecule has 1 saturated carbocycles. The van der Waals surface area contributed by atoms with E-state index in [0.29, 0.717) is 12.1 Å². The van der Waals surface area contributed by atoms with Gasteiger partial charge in [0.1, 0.15) is 0 Å². The molecule has 2 aliphatic heterocycles. The molecule has 3 nitrogen and oxygen atoms in total. The molecule has 0 bridgehead atoms. The third-order valence-electron chi connectivity index (χ3n) is 4.86. The maximum Gasteiger partial charge on any atom is 0.0695 e. The number of rotatable bonds is 1. The van der Waals surface area contributed by atoms with Crippen LogP contribution in [0, 0.1) is 0 Å². The summed E-state index contributed by atoms with van der Waals surface area (Å²) in [6.07, 6.45) is 6.12. The summed E-state index contributed by atoms with van der Waals surface area (Å²) in [7, 11) is 0. The molecule has 1 aliphatic carbocycles. The summed E-state index contributed by atoms with van der Waals surface area (Å²) in [5.74, 6) is 0. The lowest BCUT2D eigenvalue weighted by Crippen LogP contribution is -2.59. The normalized spacial score (nSPS) is 46.1. The van der Waals surface area contributed by atoms with E-state index in [-0.39, 0.29) is 6.10 Å². The van der Waals surface area contributed by atoms with Crippen molar-refractivity contribution in [2.45, 2.75) is 63.3 Å². The zero-order chi connectivity index (χ0) is 11.1. The molecule has 0 aromatic rings. The van der Waals surface area contributed by atoms with Gasteiger partial charge in [-0.25, -0.2) is 0 Å². The highest BCUT2D eigenvalue weighted by atomic mass is 16.3. The molecule has 92 valence electrons. The molecular formula is C13H24N2O. The SMILES string of the molecule is CC1CN2CCCC2CN1[C@H]1CCC[C@@H]1O. The molecule has 3 heteroatoms. The zero-order valence-electron chi connectivity index (χ0n) is 10.3. The minimum atomic E-state index is -0.0598. The van der Waals surface area contributed by atoms with Crippen molar-refractivity contribution in [3.05, 3.63) is 0 Å². The lowest BCUT2D eigenvalue weighted by Gasteiger charge is -2.46. The Morgan fingerprint density at radius 1 is 1.06 bits per heavy atom. The maximum atomic E-state index is 10.0. The fourth-order valence-corrected chi connectivity index (χ4v) is 3.98. The number of aliphatic hydroxyl groups excluding tert-OH is 1. The lowest BCUT2D eigenvalue weighted by molar-refractivity contribution is -0.0104. The molecule has 0 spiro atoms. The molecule has 4 atom stereocenters. The van der Waals surface area contributed by atoms with E-state index in [9.17, 15) is 5.11 Å². The Labute approximate surface area is 98.4 Å². The number of nitrogens with zero attached hydrogens (tertiary/aromatic N) is 2. The molecule has 2 unspecified atom stereocenters. The lowest BCUT2D eigenvalue weighted by atomic mass is 10.0. The van der Waals surface area contributed by atoms with Gasteiger partial charge in [0.25, 0.3) is 0 Å². The third-order valence-corrected chi connectivity index (χ3v) is 4.86. The van der Waals surface area contributed by atoms with Crippen molar-refractivity contribution in [1.29, 1.82) is 0 Å². The molecule has 16 heavy (non-hydrogen) atoms. The Morgan fingerprint density at radius 3 is 2.69 bits per heavy atom. The molecule has 2 saturated heterocycles. The quantitative estimate of drug-likeness (QED) is 0.722. The van der Waals surface area contributed by atoms with Crippen LogP contribution in [-0.4, -0.2) is 58.8 Å². The molecule has 3 rings (SSSR count). The van der Waals surface area contributed by atoms with Crippen LogP contribution in [0.4, 0.5) is 0 Å². The summed E-state index contributed by atoms with van der Waals surface area (Å²) in [4.78, 5) is 5.26. The molecular weight excluding hydrogens is 200 g/mol. The molecule has 0 amide bonds. The Balaban J connectivity index is 1.70. The van der Waals surface area contributed by atoms with E-state index in [2.05, 4.69) is 16.7 Å². The molecule has 3 fully saturated rings. The maximum absolute atomic E-state index is 10.0. The van der Waals surface area contributed by atoms with E-state index < -0.39 is 0 Å². The zero-order valence-corrected chi connectivity index (χ0v) is 10.3. The monoisotopic (exact) mass is 224 g/mol. The second kappa shape index (κ2) is 4.28. The van der Waals surface area contributed by atoms with Gasteiger partial charge in [0.2, 0.25) is 0 Å². The highest BCUT2D eigenvalue weighted by molar-refractivity contribution is 4.96. The van der Waals surface area contributed by atoms with Gasteiger partial charge in [0, 0.05) is 31.2 Å². The van der Waals surface area contributed by atoms with E-state index in [1.807, 2.05) is 0 Å². The Kier molecular flexibility index (Phi) is 2.94. The van der Waals surface area contributed by atoms with Gasteiger partial charge in [0.15, 0.2) is 0 Å². The van der Waals surface area contributed by atoms with E-state index in [4.69, 9.17) is 0 Å². The van der Waals surface area contributed by atoms with Gasteiger partial charge in [-0.2, -0.15) is 0 Å². The van der Waals surface area contributed by atoms with Crippen LogP contribution in [0.2, 0.25) is 0 Å². The topological polar surface area (TPSA) is 26.7 Å². The van der Waals surface area contributed by atoms with Gasteiger partial charge in [-0.15, -0.1) is 0 Å². The number of hydrogen-bond acceptors (Lipinski definition) is 3. The Hall–Kier alpha value is -0.120. The van der Waals surface area contributed by atoms with Crippen molar-refractivity contribution in [3.63, 3.8) is 0 Å².